The van der Waals surface area contributed by atoms with E-state index in [1.165, 1.54) is 25.7 Å². The number of imidazole rings is 1. The van der Waals surface area contributed by atoms with Gasteiger partial charge < -0.3 is 14.6 Å². The molecule has 4 heterocycles. The number of aryl methyl sites for hydroxylation is 1. The molecule has 1 spiro atoms. The van der Waals surface area contributed by atoms with Crippen molar-refractivity contribution in [1.82, 2.24) is 24.4 Å². The zero-order chi connectivity index (χ0) is 21.8. The summed E-state index contributed by atoms with van der Waals surface area (Å²) in [4.78, 5) is 27.3. The molecule has 8 nitrogen and oxygen atoms in total. The maximum Gasteiger partial charge on any atom is 0.490 e. The second-order valence-electron chi connectivity index (χ2n) is 7.56. The lowest BCUT2D eigenvalue weighted by Gasteiger charge is -2.45. The number of anilines is 1. The molecule has 2 fully saturated rings. The van der Waals surface area contributed by atoms with E-state index in [1.807, 2.05) is 30.9 Å². The molecule has 0 radical (unpaired) electrons. The fraction of sp³-hybridized carbons (Fsp3) is 0.579. The number of carbonyl (C=O) groups is 1. The monoisotopic (exact) mass is 426 g/mol. The fourth-order valence-electron chi connectivity index (χ4n) is 4.08. The summed E-state index contributed by atoms with van der Waals surface area (Å²) in [5, 5.41) is 7.12. The highest BCUT2D eigenvalue weighted by molar-refractivity contribution is 5.73. The van der Waals surface area contributed by atoms with Crippen LogP contribution in [-0.2, 0) is 18.4 Å². The number of hydrogen-bond acceptors (Lipinski definition) is 6. The van der Waals surface area contributed by atoms with Crippen molar-refractivity contribution < 1.29 is 23.1 Å². The maximum absolute atomic E-state index is 10.6. The van der Waals surface area contributed by atoms with E-state index in [0.29, 0.717) is 0 Å². The van der Waals surface area contributed by atoms with Crippen LogP contribution in [0.4, 0.5) is 19.1 Å². The molecule has 0 aromatic carbocycles. The lowest BCUT2D eigenvalue weighted by molar-refractivity contribution is -0.192. The molecule has 11 heteroatoms. The molecule has 0 saturated carbocycles. The third-order valence-electron chi connectivity index (χ3n) is 5.71. The van der Waals surface area contributed by atoms with Crippen LogP contribution < -0.4 is 4.90 Å². The molecule has 30 heavy (non-hydrogen) atoms. The van der Waals surface area contributed by atoms with E-state index < -0.39 is 12.1 Å². The minimum atomic E-state index is -5.08. The number of piperidine rings is 1. The van der Waals surface area contributed by atoms with Gasteiger partial charge in [-0.3, -0.25) is 4.90 Å². The van der Waals surface area contributed by atoms with Gasteiger partial charge in [0.25, 0.3) is 0 Å². The van der Waals surface area contributed by atoms with Gasteiger partial charge in [-0.25, -0.2) is 19.7 Å². The van der Waals surface area contributed by atoms with E-state index in [0.717, 1.165) is 38.0 Å². The Morgan fingerprint density at radius 3 is 2.27 bits per heavy atom. The molecule has 0 amide bonds. The fourth-order valence-corrected chi connectivity index (χ4v) is 4.08. The van der Waals surface area contributed by atoms with Gasteiger partial charge in [-0.2, -0.15) is 13.2 Å². The molecule has 164 valence electrons. The van der Waals surface area contributed by atoms with Crippen LogP contribution >= 0.6 is 0 Å². The molecule has 0 bridgehead atoms. The van der Waals surface area contributed by atoms with Crippen molar-refractivity contribution in [3.05, 3.63) is 36.7 Å². The number of aliphatic carboxylic acids is 1. The lowest BCUT2D eigenvalue weighted by atomic mass is 9.85. The average Bonchev–Trinajstić information content (AvgIpc) is 3.31. The number of carboxylic acids is 1. The smallest absolute Gasteiger partial charge is 0.475 e. The molecular formula is C19H25F3N6O2. The lowest BCUT2D eigenvalue weighted by Crippen LogP contribution is -2.52. The Bertz CT molecular complexity index is 834. The van der Waals surface area contributed by atoms with Gasteiger partial charge >= 0.3 is 12.1 Å². The summed E-state index contributed by atoms with van der Waals surface area (Å²) >= 11 is 0. The summed E-state index contributed by atoms with van der Waals surface area (Å²) in [7, 11) is 2.07. The first kappa shape index (κ1) is 22.0. The van der Waals surface area contributed by atoms with Crippen LogP contribution in [-0.4, -0.2) is 66.8 Å². The van der Waals surface area contributed by atoms with Gasteiger partial charge in [-0.05, 0) is 31.7 Å². The number of alkyl halides is 3. The minimum Gasteiger partial charge on any atom is -0.475 e. The molecule has 2 aromatic heterocycles. The van der Waals surface area contributed by atoms with Crippen molar-refractivity contribution in [2.75, 3.05) is 24.5 Å². The first-order chi connectivity index (χ1) is 14.2. The number of halogens is 3. The number of nitrogens with zero attached hydrogens (tertiary/aromatic N) is 6. The summed E-state index contributed by atoms with van der Waals surface area (Å²) in [6.07, 6.45) is 7.41. The van der Waals surface area contributed by atoms with Crippen LogP contribution in [0.25, 0.3) is 0 Å². The SMILES string of the molecule is Cn1ccnc1CN1CCC2(CCCN2c2ncccn2)CC1.O=C(O)C(F)(F)F. The highest BCUT2D eigenvalue weighted by atomic mass is 19.4. The Morgan fingerprint density at radius 1 is 1.10 bits per heavy atom. The molecule has 2 saturated heterocycles. The Morgan fingerprint density at radius 2 is 1.73 bits per heavy atom. The maximum atomic E-state index is 10.6. The highest BCUT2D eigenvalue weighted by Gasteiger charge is 2.44. The Hall–Kier alpha value is -2.69. The summed E-state index contributed by atoms with van der Waals surface area (Å²) in [5.74, 6) is -0.703. The van der Waals surface area contributed by atoms with E-state index >= 15 is 0 Å². The van der Waals surface area contributed by atoms with Crippen LogP contribution in [0.1, 0.15) is 31.5 Å². The van der Waals surface area contributed by atoms with Crippen molar-refractivity contribution in [3.63, 3.8) is 0 Å². The first-order valence-corrected chi connectivity index (χ1v) is 9.75. The molecule has 0 unspecified atom stereocenters. The van der Waals surface area contributed by atoms with E-state index in [9.17, 15) is 13.2 Å². The number of likely N-dealkylation sites (tertiary alicyclic amines) is 1. The number of rotatable bonds is 3. The zero-order valence-corrected chi connectivity index (χ0v) is 16.7. The van der Waals surface area contributed by atoms with Gasteiger partial charge in [-0.1, -0.05) is 0 Å². The summed E-state index contributed by atoms with van der Waals surface area (Å²) < 4.78 is 33.9. The van der Waals surface area contributed by atoms with Crippen molar-refractivity contribution in [1.29, 1.82) is 0 Å². The van der Waals surface area contributed by atoms with Crippen LogP contribution in [0.15, 0.2) is 30.9 Å². The van der Waals surface area contributed by atoms with Gasteiger partial charge in [-0.15, -0.1) is 0 Å². The van der Waals surface area contributed by atoms with E-state index in [-0.39, 0.29) is 5.54 Å². The van der Waals surface area contributed by atoms with Crippen LogP contribution in [0, 0.1) is 0 Å². The molecule has 4 rings (SSSR count). The van der Waals surface area contributed by atoms with Crippen LogP contribution in [0.2, 0.25) is 0 Å². The molecule has 2 aliphatic rings. The van der Waals surface area contributed by atoms with Crippen molar-refractivity contribution in [2.24, 2.45) is 7.05 Å². The summed E-state index contributed by atoms with van der Waals surface area (Å²) in [6, 6.07) is 1.89. The quantitative estimate of drug-likeness (QED) is 0.807. The zero-order valence-electron chi connectivity index (χ0n) is 16.7. The number of hydrogen-bond donors (Lipinski definition) is 1. The highest BCUT2D eigenvalue weighted by Crippen LogP contribution is 2.40. The first-order valence-electron chi connectivity index (χ1n) is 9.75. The number of aromatic nitrogens is 4. The molecule has 1 N–H and O–H groups in total. The van der Waals surface area contributed by atoms with Crippen molar-refractivity contribution in [2.45, 2.75) is 43.9 Å². The van der Waals surface area contributed by atoms with E-state index in [2.05, 4.69) is 36.4 Å². The topological polar surface area (TPSA) is 87.4 Å². The van der Waals surface area contributed by atoms with E-state index in [1.54, 1.807) is 0 Å². The normalized spacial score (nSPS) is 18.9. The third kappa shape index (κ3) is 5.07. The third-order valence-corrected chi connectivity index (χ3v) is 5.71. The molecule has 0 atom stereocenters. The van der Waals surface area contributed by atoms with Gasteiger partial charge in [0, 0.05) is 57.0 Å². The van der Waals surface area contributed by atoms with E-state index in [4.69, 9.17) is 9.90 Å². The largest absolute Gasteiger partial charge is 0.490 e. The molecule has 2 aliphatic heterocycles. The van der Waals surface area contributed by atoms with Gasteiger partial charge in [0.15, 0.2) is 0 Å². The van der Waals surface area contributed by atoms with Crippen LogP contribution in [0.3, 0.4) is 0 Å². The van der Waals surface area contributed by atoms with Crippen LogP contribution in [0.5, 0.6) is 0 Å². The Balaban J connectivity index is 0.000000318. The second-order valence-corrected chi connectivity index (χ2v) is 7.56. The minimum absolute atomic E-state index is 0.263. The van der Waals surface area contributed by atoms with Gasteiger partial charge in [0.1, 0.15) is 5.82 Å². The molecular weight excluding hydrogens is 401 g/mol. The predicted octanol–water partition coefficient (Wildman–Crippen LogP) is 2.48. The molecule has 0 aliphatic carbocycles. The van der Waals surface area contributed by atoms with Gasteiger partial charge in [0.2, 0.25) is 5.95 Å². The Labute approximate surface area is 172 Å². The predicted molar refractivity (Wildman–Crippen MR) is 103 cm³/mol. The Kier molecular flexibility index (Phi) is 6.59. The summed E-state index contributed by atoms with van der Waals surface area (Å²) in [5.41, 5.74) is 0.263. The van der Waals surface area contributed by atoms with Crippen molar-refractivity contribution >= 4 is 11.9 Å². The summed E-state index contributed by atoms with van der Waals surface area (Å²) in [6.45, 7) is 4.27. The molecule has 2 aromatic rings. The average molecular weight is 426 g/mol. The number of carboxylic acid groups (broad SMARTS) is 1. The second kappa shape index (κ2) is 8.99. The van der Waals surface area contributed by atoms with Crippen molar-refractivity contribution in [3.8, 4) is 0 Å². The standard InChI is InChI=1S/C17H24N6.C2HF3O2/c1-21-13-9-18-15(21)14-22-11-5-17(6-12-22)4-2-10-23(17)16-19-7-3-8-20-16;3-2(4,5)1(6)7/h3,7-9,13H,2,4-6,10-12,14H2,1H3;(H,6,7). The van der Waals surface area contributed by atoms with Gasteiger partial charge in [0.05, 0.1) is 6.54 Å².